The molecule has 105 heavy (non-hydrogen) atoms. The van der Waals surface area contributed by atoms with E-state index in [0.29, 0.717) is 25.7 Å². The van der Waals surface area contributed by atoms with Gasteiger partial charge in [0.15, 0.2) is 12.2 Å². The van der Waals surface area contributed by atoms with Crippen LogP contribution in [0.4, 0.5) is 0 Å². The third-order valence-corrected chi connectivity index (χ3v) is 22.8. The Bertz CT molecular complexity index is 2010. The van der Waals surface area contributed by atoms with Crippen LogP contribution in [0.1, 0.15) is 459 Å². The first-order valence-corrected chi connectivity index (χ1v) is 47.6. The highest BCUT2D eigenvalue weighted by Crippen LogP contribution is 2.45. The topological polar surface area (TPSA) is 237 Å². The maximum atomic E-state index is 13.1. The third kappa shape index (κ3) is 77.2. The molecule has 0 fully saturated rings. The zero-order valence-corrected chi connectivity index (χ0v) is 70.8. The molecule has 0 aromatic carbocycles. The second-order valence-corrected chi connectivity index (χ2v) is 34.3. The van der Waals surface area contributed by atoms with Gasteiger partial charge >= 0.3 is 39.5 Å². The molecule has 0 aromatic heterocycles. The lowest BCUT2D eigenvalue weighted by molar-refractivity contribution is -0.161. The molecular formula is C86H168O17P2. The molecule has 0 aliphatic carbocycles. The van der Waals surface area contributed by atoms with Crippen LogP contribution < -0.4 is 0 Å². The maximum absolute atomic E-state index is 13.1. The Labute approximate surface area is 645 Å². The van der Waals surface area contributed by atoms with Crippen LogP contribution in [-0.2, 0) is 65.4 Å². The summed E-state index contributed by atoms with van der Waals surface area (Å²) in [6, 6.07) is 0. The molecule has 0 rings (SSSR count). The molecular weight excluding hydrogens is 1370 g/mol. The predicted molar refractivity (Wildman–Crippen MR) is 432 cm³/mol. The lowest BCUT2D eigenvalue weighted by Gasteiger charge is -2.21. The van der Waals surface area contributed by atoms with Crippen molar-refractivity contribution in [2.45, 2.75) is 477 Å². The summed E-state index contributed by atoms with van der Waals surface area (Å²) < 4.78 is 68.9. The quantitative estimate of drug-likeness (QED) is 0.0222. The van der Waals surface area contributed by atoms with E-state index in [1.165, 1.54) is 276 Å². The number of rotatable bonds is 85. The van der Waals surface area contributed by atoms with Crippen LogP contribution in [0.2, 0.25) is 0 Å². The first-order valence-electron chi connectivity index (χ1n) is 44.6. The van der Waals surface area contributed by atoms with E-state index in [2.05, 4.69) is 41.5 Å². The maximum Gasteiger partial charge on any atom is 0.472 e. The Morgan fingerprint density at radius 1 is 0.267 bits per heavy atom. The number of carbonyl (C=O) groups excluding carboxylic acids is 4. The fourth-order valence-electron chi connectivity index (χ4n) is 13.4. The fourth-order valence-corrected chi connectivity index (χ4v) is 14.9. The second-order valence-electron chi connectivity index (χ2n) is 31.4. The van der Waals surface area contributed by atoms with Gasteiger partial charge in [-0.15, -0.1) is 0 Å². The van der Waals surface area contributed by atoms with Crippen molar-refractivity contribution < 1.29 is 80.2 Å². The number of carbonyl (C=O) groups is 4. The van der Waals surface area contributed by atoms with Crippen molar-refractivity contribution in [3.63, 3.8) is 0 Å². The van der Waals surface area contributed by atoms with Crippen LogP contribution in [0.3, 0.4) is 0 Å². The summed E-state index contributed by atoms with van der Waals surface area (Å²) in [6.45, 7) is 9.74. The predicted octanol–water partition coefficient (Wildman–Crippen LogP) is 26.2. The summed E-state index contributed by atoms with van der Waals surface area (Å²) in [5, 5.41) is 10.7. The van der Waals surface area contributed by atoms with E-state index in [0.717, 1.165) is 102 Å². The summed E-state index contributed by atoms with van der Waals surface area (Å²) in [6.07, 6.45) is 69.3. The molecule has 3 N–H and O–H groups in total. The molecule has 19 heteroatoms. The number of hydrogen-bond donors (Lipinski definition) is 3. The normalized spacial score (nSPS) is 14.3. The number of aliphatic hydroxyl groups is 1. The van der Waals surface area contributed by atoms with E-state index in [1.54, 1.807) is 0 Å². The average molecular weight is 1540 g/mol. The van der Waals surface area contributed by atoms with Crippen LogP contribution in [0, 0.1) is 11.8 Å². The Morgan fingerprint density at radius 2 is 0.457 bits per heavy atom. The van der Waals surface area contributed by atoms with Gasteiger partial charge in [-0.1, -0.05) is 408 Å². The zero-order valence-electron chi connectivity index (χ0n) is 69.0. The average Bonchev–Trinajstić information content (AvgIpc) is 0.919. The standard InChI is InChI=1S/C86H168O17P2/c1-7-11-13-15-17-19-21-23-25-28-32-36-39-43-50-56-62-68-83(88)96-74-81(102-86(91)71-65-59-53-45-41-37-33-30-27-26-29-31-34-38-42-48-54-60-66-78(5)9-3)76-100-104(92,93)98-72-80(87)73-99-105(94,95)101-77-82(75-97-84(89)69-63-57-51-47-46-49-55-61-67-79(6)10-4)103-85(90)70-64-58-52-44-40-35-24-22-20-18-16-14-12-8-2/h78-82,87H,7-77H2,1-6H3,(H,92,93)(H,94,95)/t78?,79?,80-,81-,82-/m1/s1. The highest BCUT2D eigenvalue weighted by molar-refractivity contribution is 7.47. The number of esters is 4. The molecule has 0 aromatic rings. The number of unbranched alkanes of at least 4 members (excludes halogenated alkanes) is 53. The van der Waals surface area contributed by atoms with E-state index in [-0.39, 0.29) is 25.7 Å². The largest absolute Gasteiger partial charge is 0.472 e. The summed E-state index contributed by atoms with van der Waals surface area (Å²) in [5.74, 6) is -0.452. The Hall–Kier alpha value is -1.94. The van der Waals surface area contributed by atoms with Gasteiger partial charge in [-0.2, -0.15) is 0 Å². The Balaban J connectivity index is 5.24. The molecule has 0 aliphatic heterocycles. The minimum atomic E-state index is -4.97. The van der Waals surface area contributed by atoms with Gasteiger partial charge in [0.1, 0.15) is 19.3 Å². The first-order chi connectivity index (χ1) is 50.9. The Kier molecular flexibility index (Phi) is 76.0. The van der Waals surface area contributed by atoms with Crippen LogP contribution in [0.15, 0.2) is 0 Å². The molecule has 0 saturated heterocycles. The monoisotopic (exact) mass is 1540 g/mol. The number of ether oxygens (including phenoxy) is 4. The minimum absolute atomic E-state index is 0.108. The highest BCUT2D eigenvalue weighted by Gasteiger charge is 2.30. The number of aliphatic hydroxyl groups excluding tert-OH is 1. The van der Waals surface area contributed by atoms with Gasteiger partial charge in [0, 0.05) is 25.7 Å². The highest BCUT2D eigenvalue weighted by atomic mass is 31.2. The van der Waals surface area contributed by atoms with Gasteiger partial charge in [0.2, 0.25) is 0 Å². The molecule has 0 amide bonds. The number of phosphoric ester groups is 2. The summed E-state index contributed by atoms with van der Waals surface area (Å²) in [7, 11) is -9.93. The van der Waals surface area contributed by atoms with Crippen LogP contribution >= 0.6 is 15.6 Å². The third-order valence-electron chi connectivity index (χ3n) is 20.9. The molecule has 0 radical (unpaired) electrons. The van der Waals surface area contributed by atoms with Gasteiger partial charge < -0.3 is 33.8 Å². The van der Waals surface area contributed by atoms with Crippen molar-refractivity contribution >= 4 is 39.5 Å². The van der Waals surface area contributed by atoms with Crippen molar-refractivity contribution in [3.05, 3.63) is 0 Å². The van der Waals surface area contributed by atoms with Crippen molar-refractivity contribution in [1.82, 2.24) is 0 Å². The first kappa shape index (κ1) is 103. The zero-order chi connectivity index (χ0) is 77.1. The van der Waals surface area contributed by atoms with E-state index in [9.17, 15) is 43.2 Å². The van der Waals surface area contributed by atoms with E-state index in [1.807, 2.05) is 0 Å². The SMILES string of the molecule is CCCCCCCCCCCCCCCCCCCC(=O)OC[C@H](COP(=O)(O)OC[C@@H](O)COP(=O)(O)OC[C@@H](COC(=O)CCCCCCCCCCC(C)CC)OC(=O)CCCCCCCCCCCCCCCC)OC(=O)CCCCCCCCCCCCCCCCCCCCC(C)CC. The molecule has 0 aliphatic rings. The van der Waals surface area contributed by atoms with Crippen molar-refractivity contribution in [2.24, 2.45) is 11.8 Å². The molecule has 0 bridgehead atoms. The smallest absolute Gasteiger partial charge is 0.462 e. The van der Waals surface area contributed by atoms with Gasteiger partial charge in [-0.25, -0.2) is 9.13 Å². The molecule has 4 unspecified atom stereocenters. The molecule has 17 nitrogen and oxygen atoms in total. The van der Waals surface area contributed by atoms with Crippen LogP contribution in [0.25, 0.3) is 0 Å². The van der Waals surface area contributed by atoms with Crippen molar-refractivity contribution in [1.29, 1.82) is 0 Å². The second kappa shape index (κ2) is 77.4. The molecule has 0 spiro atoms. The van der Waals surface area contributed by atoms with Gasteiger partial charge in [0.25, 0.3) is 0 Å². The fraction of sp³-hybridized carbons (Fsp3) is 0.953. The van der Waals surface area contributed by atoms with Gasteiger partial charge in [-0.3, -0.25) is 37.3 Å². The van der Waals surface area contributed by atoms with Crippen LogP contribution in [0.5, 0.6) is 0 Å². The number of phosphoric acid groups is 2. The van der Waals surface area contributed by atoms with Crippen LogP contribution in [-0.4, -0.2) is 96.7 Å². The lowest BCUT2D eigenvalue weighted by atomic mass is 9.99. The lowest BCUT2D eigenvalue weighted by Crippen LogP contribution is -2.30. The molecule has 0 saturated carbocycles. The van der Waals surface area contributed by atoms with Gasteiger partial charge in [-0.05, 0) is 37.5 Å². The van der Waals surface area contributed by atoms with E-state index >= 15 is 0 Å². The van der Waals surface area contributed by atoms with E-state index in [4.69, 9.17) is 37.0 Å². The van der Waals surface area contributed by atoms with Crippen molar-refractivity contribution in [3.8, 4) is 0 Å². The van der Waals surface area contributed by atoms with E-state index < -0.39 is 97.5 Å². The van der Waals surface area contributed by atoms with Gasteiger partial charge in [0.05, 0.1) is 26.4 Å². The summed E-state index contributed by atoms with van der Waals surface area (Å²) >= 11 is 0. The summed E-state index contributed by atoms with van der Waals surface area (Å²) in [4.78, 5) is 73.2. The van der Waals surface area contributed by atoms with Crippen molar-refractivity contribution in [2.75, 3.05) is 39.6 Å². The molecule has 7 atom stereocenters. The number of hydrogen-bond acceptors (Lipinski definition) is 15. The molecule has 0 heterocycles. The molecule has 624 valence electrons. The minimum Gasteiger partial charge on any atom is -0.462 e. The Morgan fingerprint density at radius 3 is 0.676 bits per heavy atom. The summed E-state index contributed by atoms with van der Waals surface area (Å²) in [5.41, 5.74) is 0.